The topological polar surface area (TPSA) is 116 Å². The summed E-state index contributed by atoms with van der Waals surface area (Å²) in [6.07, 6.45) is 0. The zero-order valence-electron chi connectivity index (χ0n) is 12.0. The number of benzene rings is 1. The quantitative estimate of drug-likeness (QED) is 0.801. The average Bonchev–Trinajstić information content (AvgIpc) is 3.00. The molecule has 1 saturated carbocycles. The Labute approximate surface area is 127 Å². The maximum atomic E-state index is 12.3. The Morgan fingerprint density at radius 1 is 1.41 bits per heavy atom. The van der Waals surface area contributed by atoms with Crippen LogP contribution in [0.1, 0.15) is 18.4 Å². The van der Waals surface area contributed by atoms with Crippen molar-refractivity contribution in [1.82, 2.24) is 0 Å². The van der Waals surface area contributed by atoms with E-state index < -0.39 is 32.4 Å². The number of carbonyl (C=O) groups is 1. The largest absolute Gasteiger partial charge is 0.481 e. The van der Waals surface area contributed by atoms with E-state index in [1.165, 1.54) is 6.92 Å². The number of ether oxygens (including phenoxy) is 2. The van der Waals surface area contributed by atoms with Crippen molar-refractivity contribution < 1.29 is 27.8 Å². The summed E-state index contributed by atoms with van der Waals surface area (Å²) in [7, 11) is -3.53. The summed E-state index contributed by atoms with van der Waals surface area (Å²) >= 11 is 0. The molecule has 1 aromatic carbocycles. The molecule has 1 heterocycles. The van der Waals surface area contributed by atoms with Gasteiger partial charge in [-0.15, -0.1) is 0 Å². The zero-order valence-corrected chi connectivity index (χ0v) is 12.8. The number of carboxylic acid groups (broad SMARTS) is 1. The van der Waals surface area contributed by atoms with Crippen molar-refractivity contribution in [3.05, 3.63) is 23.8 Å². The highest BCUT2D eigenvalue weighted by molar-refractivity contribution is 7.92. The van der Waals surface area contributed by atoms with E-state index in [9.17, 15) is 18.3 Å². The van der Waals surface area contributed by atoms with Crippen LogP contribution in [0.5, 0.6) is 11.5 Å². The Balaban J connectivity index is 2.06. The molecule has 8 heteroatoms. The van der Waals surface area contributed by atoms with Gasteiger partial charge in [0.05, 0.1) is 5.25 Å². The highest BCUT2D eigenvalue weighted by Crippen LogP contribution is 2.63. The normalized spacial score (nSPS) is 29.4. The molecule has 3 N–H and O–H groups in total. The second-order valence-corrected chi connectivity index (χ2v) is 7.92. The van der Waals surface area contributed by atoms with E-state index in [4.69, 9.17) is 15.2 Å². The minimum absolute atomic E-state index is 0.0983. The molecule has 2 aliphatic rings. The Morgan fingerprint density at radius 2 is 2.09 bits per heavy atom. The third kappa shape index (κ3) is 1.90. The SMILES string of the molecule is CCS(=O)(=O)C1C(c2ccc3c(c2)OCO3)C1(CN)C(=O)O. The molecule has 0 spiro atoms. The van der Waals surface area contributed by atoms with Gasteiger partial charge < -0.3 is 20.3 Å². The molecular formula is C14H17NO6S. The maximum Gasteiger partial charge on any atom is 0.312 e. The molecule has 0 bridgehead atoms. The van der Waals surface area contributed by atoms with Gasteiger partial charge in [-0.2, -0.15) is 0 Å². The monoisotopic (exact) mass is 327 g/mol. The van der Waals surface area contributed by atoms with Crippen molar-refractivity contribution in [2.45, 2.75) is 18.1 Å². The summed E-state index contributed by atoms with van der Waals surface area (Å²) in [5, 5.41) is 8.55. The Bertz CT molecular complexity index is 731. The molecule has 1 aliphatic carbocycles. The van der Waals surface area contributed by atoms with Crippen LogP contribution in [-0.4, -0.2) is 43.8 Å². The number of nitrogens with two attached hydrogens (primary N) is 1. The molecule has 1 fully saturated rings. The third-order valence-electron chi connectivity index (χ3n) is 4.54. The standard InChI is InChI=1S/C14H17NO6S/c1-2-22(18,19)12-11(14(12,6-15)13(16)17)8-3-4-9-10(5-8)21-7-20-9/h3-5,11-12H,2,6-7,15H2,1H3,(H,16,17). The van der Waals surface area contributed by atoms with Crippen molar-refractivity contribution in [3.63, 3.8) is 0 Å². The molecule has 0 radical (unpaired) electrons. The van der Waals surface area contributed by atoms with E-state index in [0.717, 1.165) is 0 Å². The molecule has 3 rings (SSSR count). The van der Waals surface area contributed by atoms with E-state index in [1.807, 2.05) is 0 Å². The second-order valence-electron chi connectivity index (χ2n) is 5.51. The van der Waals surface area contributed by atoms with Crippen LogP contribution in [0.15, 0.2) is 18.2 Å². The van der Waals surface area contributed by atoms with Crippen molar-refractivity contribution >= 4 is 15.8 Å². The molecule has 0 aromatic heterocycles. The molecule has 1 aromatic rings. The van der Waals surface area contributed by atoms with Crippen molar-refractivity contribution in [2.75, 3.05) is 19.1 Å². The summed E-state index contributed by atoms with van der Waals surface area (Å²) in [6.45, 7) is 1.37. The highest BCUT2D eigenvalue weighted by atomic mass is 32.2. The summed E-state index contributed by atoms with van der Waals surface area (Å²) in [6, 6.07) is 4.98. The van der Waals surface area contributed by atoms with Crippen LogP contribution < -0.4 is 15.2 Å². The molecule has 7 nitrogen and oxygen atoms in total. The van der Waals surface area contributed by atoms with Crippen LogP contribution in [0.2, 0.25) is 0 Å². The van der Waals surface area contributed by atoms with Crippen LogP contribution in [0.25, 0.3) is 0 Å². The average molecular weight is 327 g/mol. The van der Waals surface area contributed by atoms with Crippen molar-refractivity contribution in [3.8, 4) is 11.5 Å². The molecule has 0 amide bonds. The van der Waals surface area contributed by atoms with E-state index in [-0.39, 0.29) is 19.1 Å². The number of hydrogen-bond donors (Lipinski definition) is 2. The Hall–Kier alpha value is -1.80. The molecule has 0 saturated heterocycles. The minimum Gasteiger partial charge on any atom is -0.481 e. The number of rotatable bonds is 5. The van der Waals surface area contributed by atoms with E-state index in [0.29, 0.717) is 17.1 Å². The summed E-state index contributed by atoms with van der Waals surface area (Å²) < 4.78 is 35.1. The van der Waals surface area contributed by atoms with Gasteiger partial charge in [-0.05, 0) is 17.7 Å². The second kappa shape index (κ2) is 4.85. The van der Waals surface area contributed by atoms with Gasteiger partial charge in [-0.1, -0.05) is 13.0 Å². The summed E-state index contributed by atoms with van der Waals surface area (Å²) in [5.74, 6) is -0.913. The third-order valence-corrected chi connectivity index (χ3v) is 6.81. The predicted octanol–water partition coefficient (Wildman–Crippen LogP) is 0.345. The van der Waals surface area contributed by atoms with Gasteiger partial charge in [0.1, 0.15) is 5.41 Å². The van der Waals surface area contributed by atoms with Crippen LogP contribution in [-0.2, 0) is 14.6 Å². The van der Waals surface area contributed by atoms with Gasteiger partial charge in [-0.25, -0.2) is 8.42 Å². The van der Waals surface area contributed by atoms with Crippen LogP contribution in [0.4, 0.5) is 0 Å². The lowest BCUT2D eigenvalue weighted by Gasteiger charge is -2.09. The van der Waals surface area contributed by atoms with Gasteiger partial charge >= 0.3 is 5.97 Å². The molecular weight excluding hydrogens is 310 g/mol. The Morgan fingerprint density at radius 3 is 2.68 bits per heavy atom. The fraction of sp³-hybridized carbons (Fsp3) is 0.500. The molecule has 120 valence electrons. The number of fused-ring (bicyclic) bond motifs is 1. The highest BCUT2D eigenvalue weighted by Gasteiger charge is 2.74. The first-order chi connectivity index (χ1) is 10.4. The van der Waals surface area contributed by atoms with Crippen molar-refractivity contribution in [2.24, 2.45) is 11.1 Å². The zero-order chi connectivity index (χ0) is 16.1. The number of hydrogen-bond acceptors (Lipinski definition) is 6. The lowest BCUT2D eigenvalue weighted by atomic mass is 9.99. The van der Waals surface area contributed by atoms with Crippen LogP contribution in [0, 0.1) is 5.41 Å². The lowest BCUT2D eigenvalue weighted by molar-refractivity contribution is -0.143. The molecule has 3 unspecified atom stereocenters. The predicted molar refractivity (Wildman–Crippen MR) is 77.7 cm³/mol. The molecule has 22 heavy (non-hydrogen) atoms. The first kappa shape index (κ1) is 15.1. The maximum absolute atomic E-state index is 12.3. The van der Waals surface area contributed by atoms with Gasteiger partial charge in [0.15, 0.2) is 21.3 Å². The summed E-state index contributed by atoms with van der Waals surface area (Å²) in [5.41, 5.74) is 4.78. The minimum atomic E-state index is -3.53. The summed E-state index contributed by atoms with van der Waals surface area (Å²) in [4.78, 5) is 11.7. The number of sulfone groups is 1. The smallest absolute Gasteiger partial charge is 0.312 e. The van der Waals surface area contributed by atoms with Gasteiger partial charge in [-0.3, -0.25) is 4.79 Å². The fourth-order valence-electron chi connectivity index (χ4n) is 3.28. The molecule has 1 aliphatic heterocycles. The number of carboxylic acids is 1. The molecule has 3 atom stereocenters. The van der Waals surface area contributed by atoms with E-state index >= 15 is 0 Å². The van der Waals surface area contributed by atoms with Crippen molar-refractivity contribution in [1.29, 1.82) is 0 Å². The first-order valence-electron chi connectivity index (χ1n) is 6.93. The number of aliphatic carboxylic acids is 1. The van der Waals surface area contributed by atoms with Gasteiger partial charge in [0.2, 0.25) is 6.79 Å². The van der Waals surface area contributed by atoms with Crippen LogP contribution in [0.3, 0.4) is 0 Å². The van der Waals surface area contributed by atoms with E-state index in [2.05, 4.69) is 0 Å². The lowest BCUT2D eigenvalue weighted by Crippen LogP contribution is -2.32. The van der Waals surface area contributed by atoms with E-state index in [1.54, 1.807) is 18.2 Å². The van der Waals surface area contributed by atoms with Gasteiger partial charge in [0.25, 0.3) is 0 Å². The van der Waals surface area contributed by atoms with Crippen LogP contribution >= 0.6 is 0 Å². The fourth-order valence-corrected chi connectivity index (χ4v) is 5.36. The first-order valence-corrected chi connectivity index (χ1v) is 8.64. The van der Waals surface area contributed by atoms with Gasteiger partial charge in [0, 0.05) is 18.2 Å². The Kier molecular flexibility index (Phi) is 3.33.